The van der Waals surface area contributed by atoms with Crippen molar-refractivity contribution in [1.29, 1.82) is 0 Å². The molecule has 9 heteroatoms. The highest BCUT2D eigenvalue weighted by Gasteiger charge is 2.20. The number of nitrogens with zero attached hydrogens (tertiary/aromatic N) is 6. The van der Waals surface area contributed by atoms with Gasteiger partial charge in [0.25, 0.3) is 0 Å². The number of aryl methyl sites for hydroxylation is 1. The maximum absolute atomic E-state index is 12.8. The molecule has 0 aliphatic carbocycles. The molecule has 0 bridgehead atoms. The standard InChI is InChI=1S/C25H25N7O2/c1-18-6-5-7-19(14-18)15-27-30-23-22-24(29-25(28-23)31-10-12-34-13-11-31)32(17-26-22)16-21(33)20-8-3-2-4-9-20/h2-9,14-15,17H,10-13,16H2,1H3,(H,28,29,30). The van der Waals surface area contributed by atoms with Gasteiger partial charge in [0, 0.05) is 18.7 Å². The molecule has 0 radical (unpaired) electrons. The number of aromatic nitrogens is 4. The number of nitrogens with one attached hydrogen (secondary N) is 1. The van der Waals surface area contributed by atoms with Crippen molar-refractivity contribution < 1.29 is 9.53 Å². The topological polar surface area (TPSA) is 97.5 Å². The highest BCUT2D eigenvalue weighted by Crippen LogP contribution is 2.23. The number of Topliss-reactive ketones (excluding diaryl/α,β-unsaturated/α-hetero) is 1. The lowest BCUT2D eigenvalue weighted by Crippen LogP contribution is -2.37. The molecule has 1 aliphatic rings. The number of morpholine rings is 1. The molecular formula is C25H25N7O2. The van der Waals surface area contributed by atoms with Gasteiger partial charge in [0.2, 0.25) is 5.95 Å². The van der Waals surface area contributed by atoms with Gasteiger partial charge in [0.1, 0.15) is 0 Å². The second-order valence-corrected chi connectivity index (χ2v) is 8.09. The molecule has 4 aromatic rings. The summed E-state index contributed by atoms with van der Waals surface area (Å²) in [6.07, 6.45) is 3.37. The number of hydrogen-bond donors (Lipinski definition) is 1. The number of imidazole rings is 1. The highest BCUT2D eigenvalue weighted by atomic mass is 16.5. The highest BCUT2D eigenvalue weighted by molar-refractivity contribution is 5.97. The molecule has 5 rings (SSSR count). The molecule has 3 heterocycles. The van der Waals surface area contributed by atoms with Crippen LogP contribution in [-0.2, 0) is 11.3 Å². The summed E-state index contributed by atoms with van der Waals surface area (Å²) in [5.74, 6) is 1.03. The number of anilines is 2. The zero-order chi connectivity index (χ0) is 23.3. The molecule has 0 amide bonds. The number of benzene rings is 2. The van der Waals surface area contributed by atoms with Crippen molar-refractivity contribution >= 4 is 34.9 Å². The van der Waals surface area contributed by atoms with Crippen LogP contribution in [-0.4, -0.2) is 57.8 Å². The van der Waals surface area contributed by atoms with Gasteiger partial charge < -0.3 is 14.2 Å². The van der Waals surface area contributed by atoms with Crippen LogP contribution in [0.1, 0.15) is 21.5 Å². The lowest BCUT2D eigenvalue weighted by Gasteiger charge is -2.27. The molecule has 2 aromatic carbocycles. The van der Waals surface area contributed by atoms with E-state index >= 15 is 0 Å². The van der Waals surface area contributed by atoms with Crippen LogP contribution in [0.2, 0.25) is 0 Å². The van der Waals surface area contributed by atoms with E-state index < -0.39 is 0 Å². The van der Waals surface area contributed by atoms with Gasteiger partial charge in [-0.05, 0) is 12.5 Å². The molecule has 0 unspecified atom stereocenters. The fourth-order valence-electron chi connectivity index (χ4n) is 3.82. The first kappa shape index (κ1) is 21.7. The number of hydrazone groups is 1. The number of carbonyl (C=O) groups is 1. The zero-order valence-electron chi connectivity index (χ0n) is 18.9. The van der Waals surface area contributed by atoms with Crippen LogP contribution >= 0.6 is 0 Å². The molecule has 172 valence electrons. The number of carbonyl (C=O) groups excluding carboxylic acids is 1. The predicted molar refractivity (Wildman–Crippen MR) is 132 cm³/mol. The smallest absolute Gasteiger partial charge is 0.229 e. The summed E-state index contributed by atoms with van der Waals surface area (Å²) in [7, 11) is 0. The Morgan fingerprint density at radius 1 is 1.12 bits per heavy atom. The average molecular weight is 456 g/mol. The van der Waals surface area contributed by atoms with E-state index in [0.29, 0.717) is 54.8 Å². The fourth-order valence-corrected chi connectivity index (χ4v) is 3.82. The van der Waals surface area contributed by atoms with Crippen molar-refractivity contribution in [3.8, 4) is 0 Å². The van der Waals surface area contributed by atoms with Crippen molar-refractivity contribution in [3.05, 3.63) is 77.6 Å². The summed E-state index contributed by atoms with van der Waals surface area (Å²) in [6.45, 7) is 4.77. The average Bonchev–Trinajstić information content (AvgIpc) is 3.28. The summed E-state index contributed by atoms with van der Waals surface area (Å²) < 4.78 is 7.23. The third-order valence-electron chi connectivity index (χ3n) is 5.58. The molecule has 9 nitrogen and oxygen atoms in total. The van der Waals surface area contributed by atoms with Crippen molar-refractivity contribution in [2.45, 2.75) is 13.5 Å². The first-order chi connectivity index (χ1) is 16.7. The first-order valence-corrected chi connectivity index (χ1v) is 11.2. The second kappa shape index (κ2) is 9.80. The Bertz CT molecular complexity index is 1330. The van der Waals surface area contributed by atoms with E-state index in [1.165, 1.54) is 0 Å². The Hall–Kier alpha value is -4.11. The maximum Gasteiger partial charge on any atom is 0.229 e. The molecule has 0 saturated carbocycles. The van der Waals surface area contributed by atoms with E-state index in [1.54, 1.807) is 17.1 Å². The Kier molecular flexibility index (Phi) is 6.26. The molecular weight excluding hydrogens is 430 g/mol. The largest absolute Gasteiger partial charge is 0.378 e. The van der Waals surface area contributed by atoms with Crippen molar-refractivity contribution in [3.63, 3.8) is 0 Å². The number of hydrogen-bond acceptors (Lipinski definition) is 8. The fraction of sp³-hybridized carbons (Fsp3) is 0.240. The Labute approximate surface area is 197 Å². The maximum atomic E-state index is 12.8. The van der Waals surface area contributed by atoms with Crippen LogP contribution in [0.25, 0.3) is 11.2 Å². The van der Waals surface area contributed by atoms with E-state index in [9.17, 15) is 4.79 Å². The molecule has 2 aromatic heterocycles. The van der Waals surface area contributed by atoms with E-state index in [4.69, 9.17) is 14.7 Å². The van der Waals surface area contributed by atoms with Gasteiger partial charge in [-0.2, -0.15) is 15.1 Å². The van der Waals surface area contributed by atoms with Crippen LogP contribution in [0.4, 0.5) is 11.8 Å². The lowest BCUT2D eigenvalue weighted by molar-refractivity contribution is 0.0973. The Morgan fingerprint density at radius 3 is 2.74 bits per heavy atom. The molecule has 0 atom stereocenters. The van der Waals surface area contributed by atoms with Crippen LogP contribution in [0.3, 0.4) is 0 Å². The van der Waals surface area contributed by atoms with Crippen molar-refractivity contribution in [2.24, 2.45) is 5.10 Å². The summed E-state index contributed by atoms with van der Waals surface area (Å²) in [6, 6.07) is 17.3. The van der Waals surface area contributed by atoms with Crippen LogP contribution < -0.4 is 10.3 Å². The number of ketones is 1. The van der Waals surface area contributed by atoms with Crippen LogP contribution in [0.15, 0.2) is 66.0 Å². The van der Waals surface area contributed by atoms with Gasteiger partial charge >= 0.3 is 0 Å². The van der Waals surface area contributed by atoms with E-state index in [1.807, 2.05) is 61.5 Å². The summed E-state index contributed by atoms with van der Waals surface area (Å²) in [4.78, 5) is 28.8. The molecule has 0 spiro atoms. The summed E-state index contributed by atoms with van der Waals surface area (Å²) >= 11 is 0. The second-order valence-electron chi connectivity index (χ2n) is 8.09. The molecule has 1 N–H and O–H groups in total. The quantitative estimate of drug-likeness (QED) is 0.259. The Morgan fingerprint density at radius 2 is 1.94 bits per heavy atom. The Balaban J connectivity index is 1.48. The SMILES string of the molecule is Cc1cccc(C=NNc2nc(N3CCOCC3)nc3c2ncn3CC(=O)c2ccccc2)c1. The van der Waals surface area contributed by atoms with E-state index in [2.05, 4.69) is 20.4 Å². The van der Waals surface area contributed by atoms with E-state index in [0.717, 1.165) is 11.1 Å². The minimum Gasteiger partial charge on any atom is -0.378 e. The summed E-state index contributed by atoms with van der Waals surface area (Å²) in [5.41, 5.74) is 6.95. The van der Waals surface area contributed by atoms with Gasteiger partial charge in [-0.1, -0.05) is 60.2 Å². The van der Waals surface area contributed by atoms with Gasteiger partial charge in [0.15, 0.2) is 22.8 Å². The monoisotopic (exact) mass is 455 g/mol. The van der Waals surface area contributed by atoms with Gasteiger partial charge in [-0.25, -0.2) is 4.98 Å². The number of ether oxygens (including phenoxy) is 1. The van der Waals surface area contributed by atoms with Gasteiger partial charge in [0.05, 0.1) is 32.3 Å². The normalized spacial score (nSPS) is 14.1. The van der Waals surface area contributed by atoms with E-state index in [-0.39, 0.29) is 12.3 Å². The minimum atomic E-state index is -0.0154. The van der Waals surface area contributed by atoms with Crippen molar-refractivity contribution in [2.75, 3.05) is 36.6 Å². The number of rotatable bonds is 7. The third kappa shape index (κ3) is 4.79. The molecule has 1 aliphatic heterocycles. The lowest BCUT2D eigenvalue weighted by atomic mass is 10.1. The third-order valence-corrected chi connectivity index (χ3v) is 5.58. The molecule has 1 fully saturated rings. The van der Waals surface area contributed by atoms with Gasteiger partial charge in [-0.3, -0.25) is 10.2 Å². The van der Waals surface area contributed by atoms with Crippen LogP contribution in [0, 0.1) is 6.92 Å². The molecule has 34 heavy (non-hydrogen) atoms. The first-order valence-electron chi connectivity index (χ1n) is 11.2. The number of fused-ring (bicyclic) bond motifs is 1. The van der Waals surface area contributed by atoms with Gasteiger partial charge in [-0.15, -0.1) is 0 Å². The minimum absolute atomic E-state index is 0.0154. The summed E-state index contributed by atoms with van der Waals surface area (Å²) in [5, 5.41) is 4.38. The molecule has 1 saturated heterocycles. The zero-order valence-corrected chi connectivity index (χ0v) is 18.9. The van der Waals surface area contributed by atoms with Crippen LogP contribution in [0.5, 0.6) is 0 Å². The van der Waals surface area contributed by atoms with Crippen molar-refractivity contribution in [1.82, 2.24) is 19.5 Å². The predicted octanol–water partition coefficient (Wildman–Crippen LogP) is 3.30.